The van der Waals surface area contributed by atoms with Crippen LogP contribution in [0.25, 0.3) is 28.3 Å². The summed E-state index contributed by atoms with van der Waals surface area (Å²) in [7, 11) is 1.88. The van der Waals surface area contributed by atoms with Gasteiger partial charge in [-0.25, -0.2) is 14.5 Å². The van der Waals surface area contributed by atoms with Gasteiger partial charge < -0.3 is 5.73 Å². The van der Waals surface area contributed by atoms with Crippen LogP contribution in [-0.2, 0) is 7.05 Å². The van der Waals surface area contributed by atoms with Crippen molar-refractivity contribution in [3.63, 3.8) is 0 Å². The molecule has 2 N–H and O–H groups in total. The molecule has 4 aromatic rings. The van der Waals surface area contributed by atoms with E-state index in [2.05, 4.69) is 20.2 Å². The highest BCUT2D eigenvalue weighted by molar-refractivity contribution is 5.64. The third kappa shape index (κ3) is 1.99. The van der Waals surface area contributed by atoms with E-state index in [9.17, 15) is 0 Å². The zero-order valence-corrected chi connectivity index (χ0v) is 11.9. The van der Waals surface area contributed by atoms with Crippen molar-refractivity contribution in [2.45, 2.75) is 0 Å². The second-order valence-corrected chi connectivity index (χ2v) is 4.98. The summed E-state index contributed by atoms with van der Waals surface area (Å²) in [5, 5.41) is 8.82. The van der Waals surface area contributed by atoms with Crippen molar-refractivity contribution >= 4 is 11.5 Å². The molecule has 22 heavy (non-hydrogen) atoms. The summed E-state index contributed by atoms with van der Waals surface area (Å²) in [4.78, 5) is 8.70. The van der Waals surface area contributed by atoms with Gasteiger partial charge in [-0.15, -0.1) is 0 Å². The molecule has 0 amide bonds. The molecule has 0 aliphatic carbocycles. The molecule has 0 aliphatic rings. The van der Waals surface area contributed by atoms with Gasteiger partial charge in [0.15, 0.2) is 5.65 Å². The molecule has 0 aromatic carbocycles. The van der Waals surface area contributed by atoms with Crippen molar-refractivity contribution in [2.24, 2.45) is 7.05 Å². The Morgan fingerprint density at radius 3 is 2.73 bits per heavy atom. The largest absolute Gasteiger partial charge is 0.384 e. The Labute approximate surface area is 126 Å². The van der Waals surface area contributed by atoms with Crippen LogP contribution < -0.4 is 5.73 Å². The number of hydrogen-bond donors (Lipinski definition) is 1. The molecule has 4 heterocycles. The summed E-state index contributed by atoms with van der Waals surface area (Å²) in [6, 6.07) is 9.35. The van der Waals surface area contributed by atoms with Crippen molar-refractivity contribution < 1.29 is 0 Å². The van der Waals surface area contributed by atoms with Crippen LogP contribution in [0.3, 0.4) is 0 Å². The Morgan fingerprint density at radius 2 is 1.95 bits per heavy atom. The third-order valence-corrected chi connectivity index (χ3v) is 3.40. The number of imidazole rings is 1. The van der Waals surface area contributed by atoms with E-state index >= 15 is 0 Å². The number of pyridine rings is 1. The lowest BCUT2D eigenvalue weighted by molar-refractivity contribution is 0.768. The normalized spacial score (nSPS) is 11.1. The average molecular weight is 291 g/mol. The molecule has 7 heteroatoms. The zero-order valence-electron chi connectivity index (χ0n) is 11.9. The fourth-order valence-electron chi connectivity index (χ4n) is 2.35. The second kappa shape index (κ2) is 4.66. The van der Waals surface area contributed by atoms with Gasteiger partial charge in [0.05, 0.1) is 23.8 Å². The van der Waals surface area contributed by atoms with Crippen LogP contribution in [0.2, 0.25) is 0 Å². The van der Waals surface area contributed by atoms with E-state index in [1.807, 2.05) is 37.5 Å². The van der Waals surface area contributed by atoms with Crippen LogP contribution in [0.1, 0.15) is 0 Å². The maximum Gasteiger partial charge on any atom is 0.154 e. The van der Waals surface area contributed by atoms with Crippen LogP contribution in [-0.4, -0.2) is 29.4 Å². The maximum absolute atomic E-state index is 5.76. The number of anilines is 1. The third-order valence-electron chi connectivity index (χ3n) is 3.40. The van der Waals surface area contributed by atoms with Crippen molar-refractivity contribution in [3.8, 4) is 22.6 Å². The Bertz CT molecular complexity index is 967. The van der Waals surface area contributed by atoms with Gasteiger partial charge in [-0.3, -0.25) is 4.68 Å². The highest BCUT2D eigenvalue weighted by Gasteiger charge is 2.11. The van der Waals surface area contributed by atoms with Crippen LogP contribution in [0.4, 0.5) is 5.82 Å². The highest BCUT2D eigenvalue weighted by Crippen LogP contribution is 2.21. The lowest BCUT2D eigenvalue weighted by Gasteiger charge is -2.03. The smallest absolute Gasteiger partial charge is 0.154 e. The highest BCUT2D eigenvalue weighted by atomic mass is 15.3. The first-order valence-electron chi connectivity index (χ1n) is 6.77. The summed E-state index contributed by atoms with van der Waals surface area (Å²) in [6.45, 7) is 0. The van der Waals surface area contributed by atoms with Crippen molar-refractivity contribution in [3.05, 3.63) is 48.9 Å². The van der Waals surface area contributed by atoms with Gasteiger partial charge in [0.25, 0.3) is 0 Å². The molecule has 0 radical (unpaired) electrons. The van der Waals surface area contributed by atoms with Gasteiger partial charge in [-0.05, 0) is 24.3 Å². The molecular formula is C15H13N7. The molecule has 0 atom stereocenters. The topological polar surface area (TPSA) is 86.9 Å². The molecule has 4 rings (SSSR count). The molecule has 0 fully saturated rings. The number of aryl methyl sites for hydroxylation is 1. The number of fused-ring (bicyclic) bond motifs is 1. The summed E-state index contributed by atoms with van der Waals surface area (Å²) in [6.07, 6.45) is 5.45. The fourth-order valence-corrected chi connectivity index (χ4v) is 2.35. The monoisotopic (exact) mass is 291 g/mol. The van der Waals surface area contributed by atoms with E-state index in [0.29, 0.717) is 5.82 Å². The number of nitrogen functional groups attached to an aromatic ring is 1. The number of aromatic nitrogens is 6. The van der Waals surface area contributed by atoms with Crippen LogP contribution in [0.5, 0.6) is 0 Å². The van der Waals surface area contributed by atoms with Gasteiger partial charge in [-0.2, -0.15) is 10.2 Å². The molecule has 0 aliphatic heterocycles. The average Bonchev–Trinajstić information content (AvgIpc) is 3.12. The van der Waals surface area contributed by atoms with Crippen LogP contribution >= 0.6 is 0 Å². The van der Waals surface area contributed by atoms with Gasteiger partial charge in [-0.1, -0.05) is 6.07 Å². The lowest BCUT2D eigenvalue weighted by atomic mass is 10.2. The number of nitrogens with two attached hydrogens (primary N) is 1. The van der Waals surface area contributed by atoms with Gasteiger partial charge in [0.1, 0.15) is 11.5 Å². The quantitative estimate of drug-likeness (QED) is 0.608. The van der Waals surface area contributed by atoms with E-state index in [-0.39, 0.29) is 0 Å². The minimum Gasteiger partial charge on any atom is -0.384 e. The molecule has 0 unspecified atom stereocenters. The van der Waals surface area contributed by atoms with Gasteiger partial charge >= 0.3 is 0 Å². The molecule has 0 spiro atoms. The maximum atomic E-state index is 5.76. The van der Waals surface area contributed by atoms with Crippen molar-refractivity contribution in [1.82, 2.24) is 29.4 Å². The number of hydrogen-bond acceptors (Lipinski definition) is 5. The van der Waals surface area contributed by atoms with Crippen molar-refractivity contribution in [1.29, 1.82) is 0 Å². The Hall–Kier alpha value is -3.22. The second-order valence-electron chi connectivity index (χ2n) is 4.98. The molecule has 0 saturated heterocycles. The van der Waals surface area contributed by atoms with Crippen molar-refractivity contribution in [2.75, 3.05) is 5.73 Å². The van der Waals surface area contributed by atoms with E-state index < -0.39 is 0 Å². The predicted octanol–water partition coefficient (Wildman–Crippen LogP) is 1.77. The molecule has 0 bridgehead atoms. The summed E-state index contributed by atoms with van der Waals surface area (Å²) >= 11 is 0. The fraction of sp³-hybridized carbons (Fsp3) is 0.0667. The minimum atomic E-state index is 0.468. The predicted molar refractivity (Wildman–Crippen MR) is 82.8 cm³/mol. The summed E-state index contributed by atoms with van der Waals surface area (Å²) < 4.78 is 3.51. The Balaban J connectivity index is 1.90. The van der Waals surface area contributed by atoms with Crippen LogP contribution in [0.15, 0.2) is 48.9 Å². The zero-order chi connectivity index (χ0) is 15.1. The first-order valence-corrected chi connectivity index (χ1v) is 6.77. The van der Waals surface area contributed by atoms with E-state index in [1.165, 1.54) is 0 Å². The minimum absolute atomic E-state index is 0.468. The first-order chi connectivity index (χ1) is 10.7. The van der Waals surface area contributed by atoms with E-state index in [4.69, 9.17) is 5.73 Å². The standard InChI is InChI=1S/C15H13N7/c1-21-9-10(7-18-21)11-5-6-15-17-8-13(22(15)20-11)12-3-2-4-14(16)19-12/h2-9H,1H3,(H2,16,19). The Morgan fingerprint density at radius 1 is 1.05 bits per heavy atom. The van der Waals surface area contributed by atoms with Gasteiger partial charge in [0.2, 0.25) is 0 Å². The molecular weight excluding hydrogens is 278 g/mol. The summed E-state index contributed by atoms with van der Waals surface area (Å²) in [5.74, 6) is 0.468. The SMILES string of the molecule is Cn1cc(-c2ccc3ncc(-c4cccc(N)n4)n3n2)cn1. The Kier molecular flexibility index (Phi) is 2.65. The first kappa shape index (κ1) is 12.5. The number of rotatable bonds is 2. The van der Waals surface area contributed by atoms with Gasteiger partial charge in [0, 0.05) is 18.8 Å². The summed E-state index contributed by atoms with van der Waals surface area (Å²) in [5.41, 5.74) is 9.83. The lowest BCUT2D eigenvalue weighted by Crippen LogP contribution is -1.98. The molecule has 0 saturated carbocycles. The number of nitrogens with zero attached hydrogens (tertiary/aromatic N) is 6. The molecule has 108 valence electrons. The van der Waals surface area contributed by atoms with E-state index in [0.717, 1.165) is 28.3 Å². The van der Waals surface area contributed by atoms with Crippen LogP contribution in [0, 0.1) is 0 Å². The molecule has 4 aromatic heterocycles. The van der Waals surface area contributed by atoms with E-state index in [1.54, 1.807) is 27.7 Å². The molecule has 7 nitrogen and oxygen atoms in total.